The lowest BCUT2D eigenvalue weighted by atomic mass is 10.1. The zero-order valence-corrected chi connectivity index (χ0v) is 16.1. The third-order valence-corrected chi connectivity index (χ3v) is 4.34. The molecule has 0 bridgehead atoms. The summed E-state index contributed by atoms with van der Waals surface area (Å²) >= 11 is 5.80. The second kappa shape index (κ2) is 9.20. The summed E-state index contributed by atoms with van der Waals surface area (Å²) in [5, 5.41) is 0.542. The monoisotopic (exact) mass is 394 g/mol. The molecule has 3 rings (SSSR count). The molecule has 3 aromatic carbocycles. The molecule has 3 aromatic rings. The van der Waals surface area contributed by atoms with Crippen molar-refractivity contribution in [1.82, 2.24) is 0 Å². The molecule has 0 saturated carbocycles. The highest BCUT2D eigenvalue weighted by molar-refractivity contribution is 6.30. The van der Waals surface area contributed by atoms with Crippen LogP contribution >= 0.6 is 11.6 Å². The Morgan fingerprint density at radius 1 is 0.893 bits per heavy atom. The largest absolute Gasteiger partial charge is 0.489 e. The Hall–Kier alpha value is -3.11. The highest BCUT2D eigenvalue weighted by Gasteiger charge is 2.12. The molecule has 0 atom stereocenters. The Kier molecular flexibility index (Phi) is 6.45. The van der Waals surface area contributed by atoms with Crippen LogP contribution in [-0.4, -0.2) is 18.4 Å². The first-order valence-electron chi connectivity index (χ1n) is 8.75. The van der Waals surface area contributed by atoms with E-state index in [4.69, 9.17) is 21.1 Å². The highest BCUT2D eigenvalue weighted by Crippen LogP contribution is 2.15. The normalized spacial score (nSPS) is 10.4. The van der Waals surface area contributed by atoms with Crippen LogP contribution in [0.4, 0.5) is 0 Å². The van der Waals surface area contributed by atoms with E-state index in [0.717, 1.165) is 16.9 Å². The van der Waals surface area contributed by atoms with Crippen molar-refractivity contribution in [3.8, 4) is 5.75 Å². The van der Waals surface area contributed by atoms with E-state index in [0.29, 0.717) is 22.8 Å². The summed E-state index contributed by atoms with van der Waals surface area (Å²) in [5.74, 6) is -0.0362. The maximum atomic E-state index is 12.1. The maximum Gasteiger partial charge on any atom is 0.338 e. The number of Topliss-reactive ketones (excluding diaryl/α,β-unsaturated/α-hetero) is 1. The second-order valence-corrected chi connectivity index (χ2v) is 6.74. The number of ether oxygens (including phenoxy) is 2. The Balaban J connectivity index is 1.51. The number of carbonyl (C=O) groups excluding carboxylic acids is 2. The van der Waals surface area contributed by atoms with E-state index < -0.39 is 5.97 Å². The highest BCUT2D eigenvalue weighted by atomic mass is 35.5. The zero-order valence-electron chi connectivity index (χ0n) is 15.4. The number of benzene rings is 3. The van der Waals surface area contributed by atoms with Crippen molar-refractivity contribution < 1.29 is 19.1 Å². The van der Waals surface area contributed by atoms with E-state index in [1.165, 1.54) is 0 Å². The molecular formula is C23H19ClO4. The number of esters is 1. The smallest absolute Gasteiger partial charge is 0.338 e. The lowest BCUT2D eigenvalue weighted by Gasteiger charge is -2.08. The summed E-state index contributed by atoms with van der Waals surface area (Å²) in [6.45, 7) is 2.08. The van der Waals surface area contributed by atoms with Crippen LogP contribution in [-0.2, 0) is 11.3 Å². The lowest BCUT2D eigenvalue weighted by molar-refractivity contribution is 0.0474. The van der Waals surface area contributed by atoms with Crippen molar-refractivity contribution in [3.63, 3.8) is 0 Å². The fourth-order valence-electron chi connectivity index (χ4n) is 2.54. The van der Waals surface area contributed by atoms with Gasteiger partial charge >= 0.3 is 5.97 Å². The van der Waals surface area contributed by atoms with Crippen LogP contribution in [0.3, 0.4) is 0 Å². The molecule has 0 aliphatic heterocycles. The minimum absolute atomic E-state index is 0.284. The first kappa shape index (κ1) is 19.6. The summed E-state index contributed by atoms with van der Waals surface area (Å²) in [7, 11) is 0. The topological polar surface area (TPSA) is 52.6 Å². The molecule has 5 heteroatoms. The van der Waals surface area contributed by atoms with Gasteiger partial charge in [0.05, 0.1) is 5.56 Å². The Morgan fingerprint density at radius 3 is 2.25 bits per heavy atom. The Morgan fingerprint density at radius 2 is 1.57 bits per heavy atom. The van der Waals surface area contributed by atoms with Crippen LogP contribution in [0.15, 0.2) is 72.8 Å². The summed E-state index contributed by atoms with van der Waals surface area (Å²) in [6, 6.07) is 21.2. The number of aryl methyl sites for hydroxylation is 1. The fraction of sp³-hybridized carbons (Fsp3) is 0.130. The minimum Gasteiger partial charge on any atom is -0.489 e. The lowest BCUT2D eigenvalue weighted by Crippen LogP contribution is -2.14. The molecule has 0 radical (unpaired) electrons. The van der Waals surface area contributed by atoms with Crippen LogP contribution in [0.1, 0.15) is 31.8 Å². The average molecular weight is 395 g/mol. The SMILES string of the molecule is Cc1cccc(OCc2ccc(C(=O)OCC(=O)c3ccc(Cl)cc3)cc2)c1. The van der Waals surface area contributed by atoms with Crippen LogP contribution in [0.2, 0.25) is 5.02 Å². The van der Waals surface area contributed by atoms with Gasteiger partial charge in [-0.2, -0.15) is 0 Å². The van der Waals surface area contributed by atoms with E-state index in [9.17, 15) is 9.59 Å². The number of carbonyl (C=O) groups is 2. The minimum atomic E-state index is -0.548. The maximum absolute atomic E-state index is 12.1. The van der Waals surface area contributed by atoms with Crippen molar-refractivity contribution >= 4 is 23.4 Å². The van der Waals surface area contributed by atoms with E-state index in [-0.39, 0.29) is 12.4 Å². The number of rotatable bonds is 7. The van der Waals surface area contributed by atoms with Crippen molar-refractivity contribution in [2.75, 3.05) is 6.61 Å². The first-order chi connectivity index (χ1) is 13.5. The third kappa shape index (κ3) is 5.44. The zero-order chi connectivity index (χ0) is 19.9. The van der Waals surface area contributed by atoms with Crippen molar-refractivity contribution in [2.24, 2.45) is 0 Å². The fourth-order valence-corrected chi connectivity index (χ4v) is 2.67. The number of halogens is 1. The van der Waals surface area contributed by atoms with Crippen molar-refractivity contribution in [3.05, 3.63) is 100 Å². The standard InChI is InChI=1S/C23H19ClO4/c1-16-3-2-4-21(13-16)27-14-17-5-7-19(8-6-17)23(26)28-15-22(25)18-9-11-20(24)12-10-18/h2-13H,14-15H2,1H3. The van der Waals surface area contributed by atoms with Crippen LogP contribution in [0, 0.1) is 6.92 Å². The van der Waals surface area contributed by atoms with E-state index in [1.807, 2.05) is 31.2 Å². The Bertz CT molecular complexity index is 963. The van der Waals surface area contributed by atoms with Crippen LogP contribution in [0.25, 0.3) is 0 Å². The number of ketones is 1. The summed E-state index contributed by atoms with van der Waals surface area (Å²) < 4.78 is 10.8. The molecule has 0 fully saturated rings. The van der Waals surface area contributed by atoms with Gasteiger partial charge in [0, 0.05) is 10.6 Å². The molecule has 4 nitrogen and oxygen atoms in total. The number of hydrogen-bond donors (Lipinski definition) is 0. The van der Waals surface area contributed by atoms with Gasteiger partial charge in [0.25, 0.3) is 0 Å². The van der Waals surface area contributed by atoms with E-state index in [1.54, 1.807) is 48.5 Å². The predicted octanol–water partition coefficient (Wildman–Crippen LogP) is 5.27. The third-order valence-electron chi connectivity index (χ3n) is 4.09. The molecule has 0 aliphatic carbocycles. The van der Waals surface area contributed by atoms with Gasteiger partial charge in [-0.05, 0) is 66.6 Å². The molecule has 0 N–H and O–H groups in total. The molecule has 142 valence electrons. The summed E-state index contributed by atoms with van der Waals surface area (Å²) in [6.07, 6.45) is 0. The molecular weight excluding hydrogens is 376 g/mol. The molecule has 0 saturated heterocycles. The molecule has 0 aliphatic rings. The van der Waals surface area contributed by atoms with Crippen LogP contribution in [0.5, 0.6) is 5.75 Å². The molecule has 0 unspecified atom stereocenters. The van der Waals surface area contributed by atoms with Crippen molar-refractivity contribution in [2.45, 2.75) is 13.5 Å². The average Bonchev–Trinajstić information content (AvgIpc) is 2.71. The quantitative estimate of drug-likeness (QED) is 0.404. The Labute approximate surface area is 168 Å². The molecule has 28 heavy (non-hydrogen) atoms. The molecule has 0 aromatic heterocycles. The first-order valence-corrected chi connectivity index (χ1v) is 9.13. The van der Waals surface area contributed by atoms with Gasteiger partial charge in [0.2, 0.25) is 0 Å². The van der Waals surface area contributed by atoms with E-state index >= 15 is 0 Å². The molecule has 0 heterocycles. The van der Waals surface area contributed by atoms with Gasteiger partial charge in [0.1, 0.15) is 12.4 Å². The number of hydrogen-bond acceptors (Lipinski definition) is 4. The van der Waals surface area contributed by atoms with Gasteiger partial charge in [-0.1, -0.05) is 35.9 Å². The van der Waals surface area contributed by atoms with Gasteiger partial charge < -0.3 is 9.47 Å². The van der Waals surface area contributed by atoms with Gasteiger partial charge in [-0.15, -0.1) is 0 Å². The van der Waals surface area contributed by atoms with E-state index in [2.05, 4.69) is 0 Å². The molecule has 0 amide bonds. The summed E-state index contributed by atoms with van der Waals surface area (Å²) in [5.41, 5.74) is 2.88. The van der Waals surface area contributed by atoms with Gasteiger partial charge in [-0.25, -0.2) is 4.79 Å². The predicted molar refractivity (Wildman–Crippen MR) is 108 cm³/mol. The molecule has 0 spiro atoms. The van der Waals surface area contributed by atoms with Crippen LogP contribution < -0.4 is 4.74 Å². The summed E-state index contributed by atoms with van der Waals surface area (Å²) in [4.78, 5) is 24.2. The second-order valence-electron chi connectivity index (χ2n) is 6.31. The van der Waals surface area contributed by atoms with Crippen molar-refractivity contribution in [1.29, 1.82) is 0 Å². The van der Waals surface area contributed by atoms with Gasteiger partial charge in [0.15, 0.2) is 12.4 Å². The van der Waals surface area contributed by atoms with Gasteiger partial charge in [-0.3, -0.25) is 4.79 Å².